The van der Waals surface area contributed by atoms with Crippen molar-refractivity contribution >= 4 is 5.95 Å². The Morgan fingerprint density at radius 1 is 1.65 bits per heavy atom. The number of piperidine rings is 1. The van der Waals surface area contributed by atoms with Crippen molar-refractivity contribution in [1.82, 2.24) is 14.9 Å². The van der Waals surface area contributed by atoms with Gasteiger partial charge in [0.05, 0.1) is 6.61 Å². The van der Waals surface area contributed by atoms with Crippen LogP contribution in [0.1, 0.15) is 12.8 Å². The Labute approximate surface area is 103 Å². The highest BCUT2D eigenvalue weighted by molar-refractivity contribution is 5.32. The highest BCUT2D eigenvalue weighted by atomic mass is 16.5. The number of ether oxygens (including phenoxy) is 1. The van der Waals surface area contributed by atoms with Gasteiger partial charge in [0, 0.05) is 45.7 Å². The van der Waals surface area contributed by atoms with Crippen LogP contribution in [0.4, 0.5) is 5.95 Å². The van der Waals surface area contributed by atoms with E-state index < -0.39 is 0 Å². The van der Waals surface area contributed by atoms with Crippen LogP contribution in [0.3, 0.4) is 0 Å². The molecule has 0 bridgehead atoms. The maximum absolute atomic E-state index is 5.12. The van der Waals surface area contributed by atoms with E-state index >= 15 is 0 Å². The van der Waals surface area contributed by atoms with Gasteiger partial charge in [-0.2, -0.15) is 0 Å². The average molecular weight is 238 g/mol. The maximum Gasteiger partial charge on any atom is 0.205 e. The van der Waals surface area contributed by atoms with Gasteiger partial charge in [-0.05, 0) is 19.4 Å². The fraction of sp³-hybridized carbons (Fsp3) is 0.750. The summed E-state index contributed by atoms with van der Waals surface area (Å²) < 4.78 is 7.27. The summed E-state index contributed by atoms with van der Waals surface area (Å²) in [5.41, 5.74) is 0. The number of nitrogens with zero attached hydrogens (tertiary/aromatic N) is 3. The van der Waals surface area contributed by atoms with Gasteiger partial charge >= 0.3 is 0 Å². The van der Waals surface area contributed by atoms with E-state index in [2.05, 4.69) is 26.8 Å². The molecule has 1 aliphatic heterocycles. The molecule has 0 aliphatic carbocycles. The van der Waals surface area contributed by atoms with Crippen molar-refractivity contribution in [3.8, 4) is 0 Å². The fourth-order valence-corrected chi connectivity index (χ4v) is 2.31. The summed E-state index contributed by atoms with van der Waals surface area (Å²) in [6, 6.07) is 0.549. The van der Waals surface area contributed by atoms with Crippen LogP contribution >= 0.6 is 0 Å². The highest BCUT2D eigenvalue weighted by Gasteiger charge is 2.20. The van der Waals surface area contributed by atoms with Crippen molar-refractivity contribution in [3.63, 3.8) is 0 Å². The maximum atomic E-state index is 5.12. The minimum Gasteiger partial charge on any atom is -0.383 e. The third kappa shape index (κ3) is 2.98. The number of aromatic nitrogens is 2. The first-order chi connectivity index (χ1) is 8.33. The van der Waals surface area contributed by atoms with Gasteiger partial charge in [-0.3, -0.25) is 0 Å². The third-order valence-electron chi connectivity index (χ3n) is 3.36. The predicted octanol–water partition coefficient (Wildman–Crippen LogP) is 0.718. The zero-order chi connectivity index (χ0) is 12.1. The van der Waals surface area contributed by atoms with E-state index in [0.29, 0.717) is 6.04 Å². The summed E-state index contributed by atoms with van der Waals surface area (Å²) in [5, 5.41) is 3.44. The Morgan fingerprint density at radius 2 is 2.53 bits per heavy atom. The van der Waals surface area contributed by atoms with E-state index in [9.17, 15) is 0 Å². The number of likely N-dealkylation sites (N-methyl/N-ethyl adjacent to an activating group) is 1. The van der Waals surface area contributed by atoms with Crippen LogP contribution in [0.2, 0.25) is 0 Å². The molecule has 17 heavy (non-hydrogen) atoms. The summed E-state index contributed by atoms with van der Waals surface area (Å²) in [6.07, 6.45) is 6.35. The van der Waals surface area contributed by atoms with Crippen LogP contribution in [0.15, 0.2) is 12.4 Å². The number of imidazole rings is 1. The lowest BCUT2D eigenvalue weighted by atomic mass is 10.1. The first-order valence-electron chi connectivity index (χ1n) is 6.26. The second kappa shape index (κ2) is 6.02. The zero-order valence-electron chi connectivity index (χ0n) is 10.7. The molecule has 1 fully saturated rings. The Bertz CT molecular complexity index is 333. The van der Waals surface area contributed by atoms with Crippen LogP contribution < -0.4 is 10.2 Å². The summed E-state index contributed by atoms with van der Waals surface area (Å²) >= 11 is 0. The second-order valence-electron chi connectivity index (χ2n) is 4.52. The van der Waals surface area contributed by atoms with Gasteiger partial charge in [0.2, 0.25) is 5.95 Å². The minimum absolute atomic E-state index is 0.549. The molecule has 1 aliphatic rings. The van der Waals surface area contributed by atoms with Crippen molar-refractivity contribution in [2.75, 3.05) is 38.8 Å². The van der Waals surface area contributed by atoms with E-state index in [4.69, 9.17) is 4.74 Å². The molecule has 0 amide bonds. The first-order valence-corrected chi connectivity index (χ1v) is 6.26. The highest BCUT2D eigenvalue weighted by Crippen LogP contribution is 2.17. The molecule has 1 saturated heterocycles. The van der Waals surface area contributed by atoms with Crippen LogP contribution in [0.25, 0.3) is 0 Å². The van der Waals surface area contributed by atoms with Crippen molar-refractivity contribution < 1.29 is 4.74 Å². The largest absolute Gasteiger partial charge is 0.383 e. The van der Waals surface area contributed by atoms with Crippen molar-refractivity contribution in [1.29, 1.82) is 0 Å². The topological polar surface area (TPSA) is 42.3 Å². The Hall–Kier alpha value is -1.07. The molecule has 1 N–H and O–H groups in total. The van der Waals surface area contributed by atoms with Crippen LogP contribution in [0, 0.1) is 0 Å². The van der Waals surface area contributed by atoms with Crippen molar-refractivity contribution in [2.45, 2.75) is 25.4 Å². The smallest absolute Gasteiger partial charge is 0.205 e. The summed E-state index contributed by atoms with van der Waals surface area (Å²) in [7, 11) is 3.86. The number of hydrogen-bond acceptors (Lipinski definition) is 4. The number of anilines is 1. The summed E-state index contributed by atoms with van der Waals surface area (Å²) in [4.78, 5) is 6.73. The lowest BCUT2D eigenvalue weighted by molar-refractivity contribution is 0.187. The molecule has 2 heterocycles. The number of methoxy groups -OCH3 is 1. The quantitative estimate of drug-likeness (QED) is 0.820. The summed E-state index contributed by atoms with van der Waals surface area (Å²) in [6.45, 7) is 3.77. The van der Waals surface area contributed by atoms with Gasteiger partial charge in [0.25, 0.3) is 0 Å². The van der Waals surface area contributed by atoms with Gasteiger partial charge in [-0.1, -0.05) is 0 Å². The molecule has 1 aromatic heterocycles. The van der Waals surface area contributed by atoms with Crippen molar-refractivity contribution in [2.24, 2.45) is 0 Å². The Kier molecular flexibility index (Phi) is 4.39. The zero-order valence-corrected chi connectivity index (χ0v) is 10.7. The van der Waals surface area contributed by atoms with E-state index in [1.165, 1.54) is 12.8 Å². The number of hydrogen-bond donors (Lipinski definition) is 1. The molecule has 5 nitrogen and oxygen atoms in total. The molecular formula is C12H22N4O. The second-order valence-corrected chi connectivity index (χ2v) is 4.52. The molecule has 5 heteroatoms. The van der Waals surface area contributed by atoms with E-state index in [0.717, 1.165) is 32.2 Å². The molecule has 0 radical (unpaired) electrons. The fourth-order valence-electron chi connectivity index (χ4n) is 2.31. The summed E-state index contributed by atoms with van der Waals surface area (Å²) in [5.74, 6) is 1.04. The normalized spacial score (nSPS) is 20.5. The number of nitrogens with one attached hydrogen (secondary N) is 1. The van der Waals surface area contributed by atoms with E-state index in [1.807, 2.05) is 12.4 Å². The monoisotopic (exact) mass is 238 g/mol. The standard InChI is InChI=1S/C12H22N4O/c1-15(11-4-3-5-13-10-11)12-14-6-7-16(12)8-9-17-2/h6-7,11,13H,3-5,8-10H2,1-2H3. The van der Waals surface area contributed by atoms with Crippen LogP contribution in [0.5, 0.6) is 0 Å². The van der Waals surface area contributed by atoms with Gasteiger partial charge in [0.1, 0.15) is 0 Å². The van der Waals surface area contributed by atoms with Gasteiger partial charge in [-0.25, -0.2) is 4.98 Å². The lowest BCUT2D eigenvalue weighted by Gasteiger charge is -2.32. The molecule has 1 aromatic rings. The minimum atomic E-state index is 0.549. The molecular weight excluding hydrogens is 216 g/mol. The Morgan fingerprint density at radius 3 is 3.24 bits per heavy atom. The van der Waals surface area contributed by atoms with Crippen LogP contribution in [-0.2, 0) is 11.3 Å². The molecule has 0 spiro atoms. The van der Waals surface area contributed by atoms with Crippen molar-refractivity contribution in [3.05, 3.63) is 12.4 Å². The lowest BCUT2D eigenvalue weighted by Crippen LogP contribution is -2.45. The first kappa shape index (κ1) is 12.4. The molecule has 2 rings (SSSR count). The van der Waals surface area contributed by atoms with Gasteiger partial charge in [-0.15, -0.1) is 0 Å². The average Bonchev–Trinajstić information content (AvgIpc) is 2.84. The molecule has 0 saturated carbocycles. The molecule has 0 aromatic carbocycles. The number of rotatable bonds is 5. The molecule has 1 unspecified atom stereocenters. The Balaban J connectivity index is 2.01. The van der Waals surface area contributed by atoms with Gasteiger partial charge in [0.15, 0.2) is 0 Å². The third-order valence-corrected chi connectivity index (χ3v) is 3.36. The SMILES string of the molecule is COCCn1ccnc1N(C)C1CCCNC1. The van der Waals surface area contributed by atoms with E-state index in [1.54, 1.807) is 7.11 Å². The van der Waals surface area contributed by atoms with Crippen LogP contribution in [-0.4, -0.2) is 49.4 Å². The molecule has 1 atom stereocenters. The molecule has 96 valence electrons. The van der Waals surface area contributed by atoms with E-state index in [-0.39, 0.29) is 0 Å². The van der Waals surface area contributed by atoms with Gasteiger partial charge < -0.3 is 19.5 Å². The predicted molar refractivity (Wildman–Crippen MR) is 68.4 cm³/mol.